The molecule has 0 spiro atoms. The van der Waals surface area contributed by atoms with Gasteiger partial charge in [-0.15, -0.1) is 0 Å². The molecule has 0 aliphatic heterocycles. The molecule has 0 bridgehead atoms. The van der Waals surface area contributed by atoms with Gasteiger partial charge in [-0.05, 0) is 71.1 Å². The number of imidazole rings is 1. The second-order valence-corrected chi connectivity index (χ2v) is 8.99. The largest absolute Gasteiger partial charge is 0.456 e. The van der Waals surface area contributed by atoms with Crippen molar-refractivity contribution in [1.29, 1.82) is 0 Å². The smallest absolute Gasteiger partial charge is 0.259 e. The van der Waals surface area contributed by atoms with Crippen LogP contribution in [0.2, 0.25) is 0 Å². The highest BCUT2D eigenvalue weighted by molar-refractivity contribution is 6.20. The first kappa shape index (κ1) is 18.5. The van der Waals surface area contributed by atoms with E-state index in [9.17, 15) is 0 Å². The molecule has 0 saturated carbocycles. The van der Waals surface area contributed by atoms with E-state index in [1.165, 1.54) is 55.0 Å². The lowest BCUT2D eigenvalue weighted by atomic mass is 9.98. The average molecular weight is 428 g/mol. The highest BCUT2D eigenvalue weighted by Gasteiger charge is 2.24. The normalized spacial score (nSPS) is 12.1. The Balaban J connectivity index is 1.66. The summed E-state index contributed by atoms with van der Waals surface area (Å²) >= 11 is 0. The fourth-order valence-electron chi connectivity index (χ4n) is 5.43. The van der Waals surface area contributed by atoms with Gasteiger partial charge in [-0.2, -0.15) is 4.57 Å². The summed E-state index contributed by atoms with van der Waals surface area (Å²) in [4.78, 5) is 0. The predicted octanol–water partition coefficient (Wildman–Crippen LogP) is 7.28. The quantitative estimate of drug-likeness (QED) is 0.199. The molecule has 7 aromatic rings. The van der Waals surface area contributed by atoms with Gasteiger partial charge in [-0.25, -0.2) is 4.57 Å². The Bertz CT molecular complexity index is 1900. The molecule has 158 valence electrons. The fourth-order valence-corrected chi connectivity index (χ4v) is 5.43. The van der Waals surface area contributed by atoms with Gasteiger partial charge in [0.05, 0.1) is 7.05 Å². The van der Waals surface area contributed by atoms with Crippen molar-refractivity contribution >= 4 is 54.5 Å². The SMILES string of the molecule is Cc1ccccc1-n1c(C)[n+](C)c2ccc3c4cc5c(cc4ccc3c21)oc1ccccc15. The molecular formula is C30H23N2O+. The van der Waals surface area contributed by atoms with Crippen LogP contribution in [-0.4, -0.2) is 4.57 Å². The first-order valence-electron chi connectivity index (χ1n) is 11.4. The summed E-state index contributed by atoms with van der Waals surface area (Å²) in [5, 5.41) is 7.31. The topological polar surface area (TPSA) is 21.9 Å². The van der Waals surface area contributed by atoms with E-state index in [0.717, 1.165) is 16.6 Å². The monoisotopic (exact) mass is 427 g/mol. The maximum absolute atomic E-state index is 6.14. The lowest BCUT2D eigenvalue weighted by Gasteiger charge is -2.07. The summed E-state index contributed by atoms with van der Waals surface area (Å²) < 4.78 is 10.8. The number of fused-ring (bicyclic) bond motifs is 8. The second-order valence-electron chi connectivity index (χ2n) is 8.99. The first-order valence-corrected chi connectivity index (χ1v) is 11.4. The lowest BCUT2D eigenvalue weighted by molar-refractivity contribution is -0.652. The number of hydrogen-bond donors (Lipinski definition) is 0. The highest BCUT2D eigenvalue weighted by atomic mass is 16.3. The van der Waals surface area contributed by atoms with Crippen molar-refractivity contribution in [3.8, 4) is 5.69 Å². The Morgan fingerprint density at radius 3 is 2.33 bits per heavy atom. The number of benzene rings is 5. The number of hydrogen-bond acceptors (Lipinski definition) is 1. The standard InChI is InChI=1S/C30H23N2O/c1-18-8-4-6-10-26(18)32-19(2)31(3)27-15-14-21-23(30(27)32)13-12-20-16-29-25(17-24(20)21)22-9-5-7-11-28(22)33-29/h4-17H,1-3H3/q+1. The van der Waals surface area contributed by atoms with Crippen LogP contribution in [0.1, 0.15) is 11.4 Å². The molecule has 0 atom stereocenters. The summed E-state index contributed by atoms with van der Waals surface area (Å²) in [6, 6.07) is 30.4. The molecular weight excluding hydrogens is 404 g/mol. The molecule has 3 heteroatoms. The molecule has 2 heterocycles. The molecule has 0 N–H and O–H groups in total. The van der Waals surface area contributed by atoms with E-state index in [1.807, 2.05) is 12.1 Å². The Morgan fingerprint density at radius 1 is 0.667 bits per heavy atom. The van der Waals surface area contributed by atoms with Crippen molar-refractivity contribution in [1.82, 2.24) is 4.57 Å². The van der Waals surface area contributed by atoms with Crippen LogP contribution in [-0.2, 0) is 7.05 Å². The van der Waals surface area contributed by atoms with Gasteiger partial charge in [0.1, 0.15) is 16.9 Å². The molecule has 0 aliphatic rings. The third kappa shape index (κ3) is 2.42. The summed E-state index contributed by atoms with van der Waals surface area (Å²) in [5.41, 5.74) is 6.85. The molecule has 5 aromatic carbocycles. The summed E-state index contributed by atoms with van der Waals surface area (Å²) in [6.07, 6.45) is 0. The molecule has 7 rings (SSSR count). The summed E-state index contributed by atoms with van der Waals surface area (Å²) in [5.74, 6) is 1.21. The Morgan fingerprint density at radius 2 is 1.45 bits per heavy atom. The van der Waals surface area contributed by atoms with Crippen molar-refractivity contribution in [2.75, 3.05) is 0 Å². The van der Waals surface area contributed by atoms with Gasteiger partial charge in [0.15, 0.2) is 11.0 Å². The first-order chi connectivity index (χ1) is 16.1. The lowest BCUT2D eigenvalue weighted by Crippen LogP contribution is -2.30. The molecule has 3 nitrogen and oxygen atoms in total. The second kappa shape index (κ2) is 6.46. The average Bonchev–Trinajstić information content (AvgIpc) is 3.32. The minimum absolute atomic E-state index is 0.936. The van der Waals surface area contributed by atoms with Gasteiger partial charge in [-0.1, -0.05) is 42.5 Å². The highest BCUT2D eigenvalue weighted by Crippen LogP contribution is 2.37. The number of aromatic nitrogens is 2. The van der Waals surface area contributed by atoms with Crippen LogP contribution in [0.5, 0.6) is 0 Å². The fraction of sp³-hybridized carbons (Fsp3) is 0.100. The number of furan rings is 1. The number of nitrogens with zero attached hydrogens (tertiary/aromatic N) is 2. The zero-order valence-corrected chi connectivity index (χ0v) is 18.9. The van der Waals surface area contributed by atoms with E-state index in [1.54, 1.807) is 0 Å². The Labute approximate surface area is 191 Å². The number of para-hydroxylation sites is 2. The van der Waals surface area contributed by atoms with Gasteiger partial charge < -0.3 is 4.42 Å². The van der Waals surface area contributed by atoms with E-state index in [-0.39, 0.29) is 0 Å². The number of aryl methyl sites for hydroxylation is 2. The molecule has 0 saturated heterocycles. The number of rotatable bonds is 1. The van der Waals surface area contributed by atoms with Crippen molar-refractivity contribution in [2.45, 2.75) is 13.8 Å². The van der Waals surface area contributed by atoms with Crippen molar-refractivity contribution < 1.29 is 8.98 Å². The molecule has 0 fully saturated rings. The van der Waals surface area contributed by atoms with Gasteiger partial charge in [0.2, 0.25) is 0 Å². The van der Waals surface area contributed by atoms with Crippen LogP contribution in [0.15, 0.2) is 89.3 Å². The van der Waals surface area contributed by atoms with Gasteiger partial charge >= 0.3 is 0 Å². The van der Waals surface area contributed by atoms with Gasteiger partial charge in [0, 0.05) is 23.1 Å². The third-order valence-corrected chi connectivity index (χ3v) is 7.21. The van der Waals surface area contributed by atoms with E-state index in [0.29, 0.717) is 0 Å². The molecule has 0 radical (unpaired) electrons. The minimum Gasteiger partial charge on any atom is -0.456 e. The Kier molecular flexibility index (Phi) is 3.61. The molecule has 0 unspecified atom stereocenters. The van der Waals surface area contributed by atoms with Crippen LogP contribution < -0.4 is 4.57 Å². The van der Waals surface area contributed by atoms with Crippen LogP contribution in [0.3, 0.4) is 0 Å². The molecule has 33 heavy (non-hydrogen) atoms. The van der Waals surface area contributed by atoms with Crippen LogP contribution >= 0.6 is 0 Å². The molecule has 0 aliphatic carbocycles. The van der Waals surface area contributed by atoms with E-state index in [2.05, 4.69) is 103 Å². The van der Waals surface area contributed by atoms with E-state index in [4.69, 9.17) is 4.42 Å². The molecule has 0 amide bonds. The zero-order valence-electron chi connectivity index (χ0n) is 18.9. The van der Waals surface area contributed by atoms with Gasteiger partial charge in [0.25, 0.3) is 5.82 Å². The summed E-state index contributed by atoms with van der Waals surface area (Å²) in [6.45, 7) is 4.38. The van der Waals surface area contributed by atoms with Crippen LogP contribution in [0.4, 0.5) is 0 Å². The van der Waals surface area contributed by atoms with Crippen molar-refractivity contribution in [3.63, 3.8) is 0 Å². The minimum atomic E-state index is 0.936. The van der Waals surface area contributed by atoms with E-state index >= 15 is 0 Å². The Hall–Kier alpha value is -4.11. The third-order valence-electron chi connectivity index (χ3n) is 7.21. The van der Waals surface area contributed by atoms with E-state index < -0.39 is 0 Å². The van der Waals surface area contributed by atoms with Crippen LogP contribution in [0.25, 0.3) is 60.2 Å². The van der Waals surface area contributed by atoms with Crippen molar-refractivity contribution in [2.24, 2.45) is 7.05 Å². The molecule has 2 aromatic heterocycles. The maximum Gasteiger partial charge on any atom is 0.259 e. The van der Waals surface area contributed by atoms with Gasteiger partial charge in [-0.3, -0.25) is 0 Å². The van der Waals surface area contributed by atoms with Crippen LogP contribution in [0, 0.1) is 13.8 Å². The summed E-state index contributed by atoms with van der Waals surface area (Å²) in [7, 11) is 2.15. The predicted molar refractivity (Wildman–Crippen MR) is 136 cm³/mol. The zero-order chi connectivity index (χ0) is 22.3. The van der Waals surface area contributed by atoms with Crippen molar-refractivity contribution in [3.05, 3.63) is 96.3 Å². The maximum atomic E-state index is 6.14.